The number of halogens is 1. The molecular weight excluding hydrogens is 478 g/mol. The van der Waals surface area contributed by atoms with Crippen LogP contribution in [0.2, 0.25) is 5.02 Å². The van der Waals surface area contributed by atoms with Gasteiger partial charge in [0, 0.05) is 40.5 Å². The van der Waals surface area contributed by atoms with Crippen LogP contribution in [0.1, 0.15) is 52.0 Å². The first-order valence-corrected chi connectivity index (χ1v) is 12.5. The number of nitrogens with two attached hydrogens (primary N) is 1. The van der Waals surface area contributed by atoms with Crippen molar-refractivity contribution in [2.24, 2.45) is 5.73 Å². The fourth-order valence-corrected chi connectivity index (χ4v) is 4.90. The highest BCUT2D eigenvalue weighted by Crippen LogP contribution is 2.34. The summed E-state index contributed by atoms with van der Waals surface area (Å²) in [6.07, 6.45) is 3.35. The van der Waals surface area contributed by atoms with Crippen LogP contribution in [0, 0.1) is 0 Å². The van der Waals surface area contributed by atoms with Crippen LogP contribution in [0.5, 0.6) is 11.5 Å². The van der Waals surface area contributed by atoms with E-state index < -0.39 is 0 Å². The first-order valence-electron chi connectivity index (χ1n) is 12.1. The zero-order valence-electron chi connectivity index (χ0n) is 19.8. The molecule has 36 heavy (non-hydrogen) atoms. The van der Waals surface area contributed by atoms with E-state index in [1.807, 2.05) is 29.2 Å². The molecule has 2 aliphatic rings. The number of nitrogens with one attached hydrogen (secondary N) is 1. The summed E-state index contributed by atoms with van der Waals surface area (Å²) in [4.78, 5) is 28.3. The van der Waals surface area contributed by atoms with Gasteiger partial charge >= 0.3 is 0 Å². The van der Waals surface area contributed by atoms with Crippen molar-refractivity contribution in [1.82, 2.24) is 4.90 Å². The van der Waals surface area contributed by atoms with Crippen LogP contribution in [-0.2, 0) is 6.54 Å². The van der Waals surface area contributed by atoms with Gasteiger partial charge < -0.3 is 25.4 Å². The molecule has 5 rings (SSSR count). The lowest BCUT2D eigenvalue weighted by Crippen LogP contribution is -2.43. The van der Waals surface area contributed by atoms with E-state index in [0.717, 1.165) is 31.2 Å². The molecule has 1 aliphatic heterocycles. The molecule has 1 saturated carbocycles. The number of fused-ring (bicyclic) bond motifs is 1. The van der Waals surface area contributed by atoms with Crippen LogP contribution in [0.15, 0.2) is 66.7 Å². The Hall–Kier alpha value is -3.55. The lowest BCUT2D eigenvalue weighted by atomic mass is 9.90. The van der Waals surface area contributed by atoms with Crippen molar-refractivity contribution in [2.75, 3.05) is 12.1 Å². The Morgan fingerprint density at radius 2 is 1.67 bits per heavy atom. The Morgan fingerprint density at radius 1 is 0.917 bits per heavy atom. The van der Waals surface area contributed by atoms with Crippen molar-refractivity contribution in [3.8, 4) is 11.5 Å². The van der Waals surface area contributed by atoms with Gasteiger partial charge in [-0.3, -0.25) is 9.59 Å². The van der Waals surface area contributed by atoms with Crippen molar-refractivity contribution >= 4 is 29.1 Å². The molecule has 3 N–H and O–H groups in total. The van der Waals surface area contributed by atoms with Gasteiger partial charge in [0.15, 0.2) is 11.5 Å². The van der Waals surface area contributed by atoms with E-state index in [1.165, 1.54) is 0 Å². The number of benzene rings is 3. The summed E-state index contributed by atoms with van der Waals surface area (Å²) >= 11 is 6.58. The average Bonchev–Trinajstić information content (AvgIpc) is 3.38. The Morgan fingerprint density at radius 3 is 2.44 bits per heavy atom. The number of nitrogens with zero attached hydrogens (tertiary/aromatic N) is 1. The van der Waals surface area contributed by atoms with Crippen molar-refractivity contribution in [3.05, 3.63) is 88.4 Å². The molecular formula is C28H28ClN3O4. The second-order valence-corrected chi connectivity index (χ2v) is 9.60. The van der Waals surface area contributed by atoms with Crippen LogP contribution in [-0.4, -0.2) is 35.6 Å². The number of rotatable bonds is 6. The number of carbonyl (C=O) groups is 2. The molecule has 0 saturated heterocycles. The zero-order valence-corrected chi connectivity index (χ0v) is 20.5. The summed E-state index contributed by atoms with van der Waals surface area (Å²) in [5.41, 5.74) is 8.60. The molecule has 0 radical (unpaired) electrons. The van der Waals surface area contributed by atoms with Gasteiger partial charge in [-0.15, -0.1) is 0 Å². The third-order valence-corrected chi connectivity index (χ3v) is 7.11. The van der Waals surface area contributed by atoms with E-state index in [0.29, 0.717) is 39.9 Å². The largest absolute Gasteiger partial charge is 0.454 e. The Balaban J connectivity index is 1.40. The Kier molecular flexibility index (Phi) is 7.11. The Labute approximate surface area is 215 Å². The highest BCUT2D eigenvalue weighted by Gasteiger charge is 2.30. The smallest absolute Gasteiger partial charge is 0.255 e. The standard InChI is InChI=1S/C28H28ClN3O4/c29-24-12-9-22(31-27(33)18-4-2-1-3-5-18)14-20(24)16-32(23-10-7-21(30)8-11-23)28(34)19-6-13-25-26(15-19)36-17-35-25/h1-6,9,12-15,21,23H,7-8,10-11,16-17,30H2,(H,31,33). The molecule has 0 atom stereocenters. The molecule has 3 aromatic carbocycles. The molecule has 0 spiro atoms. The summed E-state index contributed by atoms with van der Waals surface area (Å²) in [6, 6.07) is 19.8. The van der Waals surface area contributed by atoms with Gasteiger partial charge in [0.2, 0.25) is 6.79 Å². The molecule has 186 valence electrons. The van der Waals surface area contributed by atoms with Gasteiger partial charge in [-0.25, -0.2) is 0 Å². The zero-order chi connectivity index (χ0) is 25.1. The van der Waals surface area contributed by atoms with E-state index in [9.17, 15) is 9.59 Å². The van der Waals surface area contributed by atoms with Crippen LogP contribution in [0.3, 0.4) is 0 Å². The van der Waals surface area contributed by atoms with Crippen LogP contribution < -0.4 is 20.5 Å². The van der Waals surface area contributed by atoms with Gasteiger partial charge in [0.05, 0.1) is 0 Å². The number of amides is 2. The van der Waals surface area contributed by atoms with Gasteiger partial charge in [0.25, 0.3) is 11.8 Å². The third kappa shape index (κ3) is 5.32. The van der Waals surface area contributed by atoms with Crippen LogP contribution >= 0.6 is 11.6 Å². The molecule has 0 unspecified atom stereocenters. The minimum Gasteiger partial charge on any atom is -0.454 e. The summed E-state index contributed by atoms with van der Waals surface area (Å²) < 4.78 is 10.9. The second kappa shape index (κ2) is 10.6. The van der Waals surface area contributed by atoms with E-state index >= 15 is 0 Å². The van der Waals surface area contributed by atoms with Crippen LogP contribution in [0.4, 0.5) is 5.69 Å². The molecule has 0 aromatic heterocycles. The minimum absolute atomic E-state index is 0.0290. The highest BCUT2D eigenvalue weighted by atomic mass is 35.5. The van der Waals surface area contributed by atoms with E-state index in [1.54, 1.807) is 42.5 Å². The predicted molar refractivity (Wildman–Crippen MR) is 139 cm³/mol. The molecule has 2 amide bonds. The Bertz CT molecular complexity index is 1260. The van der Waals surface area contributed by atoms with Crippen molar-refractivity contribution in [1.29, 1.82) is 0 Å². The first kappa shape index (κ1) is 24.2. The van der Waals surface area contributed by atoms with E-state index in [2.05, 4.69) is 5.32 Å². The number of hydrogen-bond acceptors (Lipinski definition) is 5. The van der Waals surface area contributed by atoms with Gasteiger partial charge in [-0.2, -0.15) is 0 Å². The normalized spacial score (nSPS) is 18.5. The summed E-state index contributed by atoms with van der Waals surface area (Å²) in [5.74, 6) is 0.878. The number of hydrogen-bond donors (Lipinski definition) is 2. The fourth-order valence-electron chi connectivity index (χ4n) is 4.73. The molecule has 3 aromatic rings. The van der Waals surface area contributed by atoms with Gasteiger partial charge in [0.1, 0.15) is 0 Å². The first-order chi connectivity index (χ1) is 17.5. The molecule has 0 bridgehead atoms. The average molecular weight is 506 g/mol. The molecule has 1 aliphatic carbocycles. The third-order valence-electron chi connectivity index (χ3n) is 6.74. The number of carbonyl (C=O) groups excluding carboxylic acids is 2. The quantitative estimate of drug-likeness (QED) is 0.478. The van der Waals surface area contributed by atoms with Gasteiger partial charge in [-0.1, -0.05) is 29.8 Å². The van der Waals surface area contributed by atoms with Crippen molar-refractivity contribution in [3.63, 3.8) is 0 Å². The lowest BCUT2D eigenvalue weighted by Gasteiger charge is -2.36. The minimum atomic E-state index is -0.210. The molecule has 1 fully saturated rings. The predicted octanol–water partition coefficient (Wildman–Crippen LogP) is 5.23. The maximum Gasteiger partial charge on any atom is 0.255 e. The summed E-state index contributed by atoms with van der Waals surface area (Å²) in [6.45, 7) is 0.454. The van der Waals surface area contributed by atoms with Gasteiger partial charge in [-0.05, 0) is 79.8 Å². The molecule has 8 heteroatoms. The maximum absolute atomic E-state index is 13.8. The van der Waals surface area contributed by atoms with E-state index in [-0.39, 0.29) is 30.7 Å². The summed E-state index contributed by atoms with van der Waals surface area (Å²) in [5, 5.41) is 3.46. The lowest BCUT2D eigenvalue weighted by molar-refractivity contribution is 0.0606. The SMILES string of the molecule is NC1CCC(N(Cc2cc(NC(=O)c3ccccc3)ccc2Cl)C(=O)c2ccc3c(c2)OCO3)CC1. The molecule has 7 nitrogen and oxygen atoms in total. The van der Waals surface area contributed by atoms with Crippen LogP contribution in [0.25, 0.3) is 0 Å². The van der Waals surface area contributed by atoms with Crippen molar-refractivity contribution in [2.45, 2.75) is 44.3 Å². The number of anilines is 1. The van der Waals surface area contributed by atoms with Crippen molar-refractivity contribution < 1.29 is 19.1 Å². The topological polar surface area (TPSA) is 93.9 Å². The number of ether oxygens (including phenoxy) is 2. The summed E-state index contributed by atoms with van der Waals surface area (Å²) in [7, 11) is 0. The van der Waals surface area contributed by atoms with E-state index in [4.69, 9.17) is 26.8 Å². The maximum atomic E-state index is 13.8. The highest BCUT2D eigenvalue weighted by molar-refractivity contribution is 6.31. The monoisotopic (exact) mass is 505 g/mol. The second-order valence-electron chi connectivity index (χ2n) is 9.20. The molecule has 1 heterocycles. The fraction of sp³-hybridized carbons (Fsp3) is 0.286.